The summed E-state index contributed by atoms with van der Waals surface area (Å²) in [5, 5.41) is 7.81. The van der Waals surface area contributed by atoms with Crippen LogP contribution in [0.1, 0.15) is 22.6 Å². The molecule has 10 rings (SSSR count). The van der Waals surface area contributed by atoms with Crippen molar-refractivity contribution in [3.8, 4) is 16.8 Å². The Bertz CT molecular complexity index is 2560. The molecule has 9 aromatic rings. The van der Waals surface area contributed by atoms with E-state index in [0.717, 1.165) is 0 Å². The molecule has 0 atom stereocenters. The Hall–Kier alpha value is -5.57. The Morgan fingerprint density at radius 1 is 0.404 bits per heavy atom. The maximum absolute atomic E-state index is 2.38. The Balaban J connectivity index is 1.14. The molecular formula is C45H29NS. The second kappa shape index (κ2) is 10.5. The maximum atomic E-state index is 2.38. The van der Waals surface area contributed by atoms with Gasteiger partial charge in [-0.1, -0.05) is 139 Å². The van der Waals surface area contributed by atoms with Crippen molar-refractivity contribution in [2.75, 3.05) is 0 Å². The standard InChI is InChI=1S/C45H29NS/c1-2-12-34(13-3-1)46-39-17-9-8-16-37(39)38-28-33(22-25-40(38)46)29-18-20-32(21-19-29)43-44-35-14-6-4-10-30(35)23-26-41(44)47-42-27-24-31-11-5-7-15-36(31)45(42)43/h1-28,43H. The number of fused-ring (bicyclic) bond motifs is 9. The van der Waals surface area contributed by atoms with Gasteiger partial charge < -0.3 is 4.57 Å². The van der Waals surface area contributed by atoms with Crippen LogP contribution in [0.5, 0.6) is 0 Å². The number of hydrogen-bond acceptors (Lipinski definition) is 1. The van der Waals surface area contributed by atoms with Crippen LogP contribution in [0.3, 0.4) is 0 Å². The van der Waals surface area contributed by atoms with E-state index >= 15 is 0 Å². The summed E-state index contributed by atoms with van der Waals surface area (Å²) in [5.74, 6) is 0.138. The van der Waals surface area contributed by atoms with E-state index in [1.165, 1.54) is 86.6 Å². The van der Waals surface area contributed by atoms with Gasteiger partial charge in [0, 0.05) is 32.2 Å². The molecule has 0 N–H and O–H groups in total. The van der Waals surface area contributed by atoms with Gasteiger partial charge >= 0.3 is 0 Å². The van der Waals surface area contributed by atoms with Crippen LogP contribution in [0, 0.1) is 0 Å². The molecule has 0 radical (unpaired) electrons. The highest BCUT2D eigenvalue weighted by Gasteiger charge is 2.31. The normalized spacial score (nSPS) is 12.9. The number of nitrogens with zero attached hydrogens (tertiary/aromatic N) is 1. The zero-order chi connectivity index (χ0) is 30.9. The summed E-state index contributed by atoms with van der Waals surface area (Å²) in [6.45, 7) is 0. The summed E-state index contributed by atoms with van der Waals surface area (Å²) in [5.41, 5.74) is 10.3. The third-order valence-electron chi connectivity index (χ3n) is 9.92. The first-order valence-electron chi connectivity index (χ1n) is 16.2. The lowest BCUT2D eigenvalue weighted by molar-refractivity contribution is 0.926. The molecule has 0 amide bonds. The number of rotatable bonds is 3. The van der Waals surface area contributed by atoms with E-state index in [9.17, 15) is 0 Å². The first-order chi connectivity index (χ1) is 23.3. The van der Waals surface area contributed by atoms with Crippen LogP contribution in [0.2, 0.25) is 0 Å². The van der Waals surface area contributed by atoms with Crippen LogP contribution in [0.15, 0.2) is 180 Å². The zero-order valence-electron chi connectivity index (χ0n) is 25.6. The van der Waals surface area contributed by atoms with Crippen LogP contribution in [-0.2, 0) is 0 Å². The van der Waals surface area contributed by atoms with E-state index in [4.69, 9.17) is 0 Å². The van der Waals surface area contributed by atoms with Gasteiger partial charge in [0.05, 0.1) is 11.0 Å². The highest BCUT2D eigenvalue weighted by Crippen LogP contribution is 2.53. The Morgan fingerprint density at radius 2 is 0.957 bits per heavy atom. The second-order valence-corrected chi connectivity index (χ2v) is 13.6. The van der Waals surface area contributed by atoms with Gasteiger partial charge in [-0.05, 0) is 91.8 Å². The number of aromatic nitrogens is 1. The molecule has 0 fully saturated rings. The van der Waals surface area contributed by atoms with E-state index < -0.39 is 0 Å². The predicted octanol–water partition coefficient (Wildman–Crippen LogP) is 12.4. The number of benzene rings is 8. The molecule has 2 heterocycles. The SMILES string of the molecule is c1ccc(-n2c3ccccc3c3cc(-c4ccc(C5c6c(ccc7ccccc67)Sc6ccc7ccccc7c65)cc4)ccc32)cc1. The lowest BCUT2D eigenvalue weighted by Crippen LogP contribution is -2.11. The van der Waals surface area contributed by atoms with E-state index in [2.05, 4.69) is 174 Å². The highest BCUT2D eigenvalue weighted by atomic mass is 32.2. The van der Waals surface area contributed by atoms with Crippen LogP contribution in [-0.4, -0.2) is 4.57 Å². The van der Waals surface area contributed by atoms with Gasteiger partial charge in [-0.3, -0.25) is 0 Å². The first-order valence-corrected chi connectivity index (χ1v) is 17.0. The van der Waals surface area contributed by atoms with Gasteiger partial charge in [-0.15, -0.1) is 0 Å². The molecule has 0 saturated heterocycles. The monoisotopic (exact) mass is 615 g/mol. The van der Waals surface area contributed by atoms with E-state index in [1.54, 1.807) is 0 Å². The van der Waals surface area contributed by atoms with Gasteiger partial charge in [0.2, 0.25) is 0 Å². The summed E-state index contributed by atoms with van der Waals surface area (Å²) >= 11 is 1.91. The van der Waals surface area contributed by atoms with Gasteiger partial charge in [0.1, 0.15) is 0 Å². The Kier molecular flexibility index (Phi) is 5.94. The fraction of sp³-hybridized carbons (Fsp3) is 0.0222. The average molecular weight is 616 g/mol. The molecule has 1 aromatic heterocycles. The smallest absolute Gasteiger partial charge is 0.0541 e. The summed E-state index contributed by atoms with van der Waals surface area (Å²) < 4.78 is 2.38. The van der Waals surface area contributed by atoms with Gasteiger partial charge in [0.25, 0.3) is 0 Å². The minimum absolute atomic E-state index is 0.138. The van der Waals surface area contributed by atoms with Crippen molar-refractivity contribution in [2.45, 2.75) is 15.7 Å². The molecule has 1 nitrogen and oxygen atoms in total. The molecule has 1 aliphatic rings. The molecule has 0 spiro atoms. The molecular weight excluding hydrogens is 587 g/mol. The fourth-order valence-corrected chi connectivity index (χ4v) is 8.98. The third kappa shape index (κ3) is 4.12. The van der Waals surface area contributed by atoms with Crippen molar-refractivity contribution in [1.29, 1.82) is 0 Å². The van der Waals surface area contributed by atoms with Crippen molar-refractivity contribution in [3.05, 3.63) is 187 Å². The molecule has 220 valence electrons. The van der Waals surface area contributed by atoms with Crippen molar-refractivity contribution in [1.82, 2.24) is 4.57 Å². The molecule has 1 aliphatic heterocycles. The molecule has 8 aromatic carbocycles. The van der Waals surface area contributed by atoms with Crippen LogP contribution in [0.4, 0.5) is 0 Å². The maximum Gasteiger partial charge on any atom is 0.0541 e. The van der Waals surface area contributed by atoms with Crippen molar-refractivity contribution in [2.24, 2.45) is 0 Å². The van der Waals surface area contributed by atoms with Crippen LogP contribution >= 0.6 is 11.8 Å². The topological polar surface area (TPSA) is 4.93 Å². The lowest BCUT2D eigenvalue weighted by Gasteiger charge is -2.31. The minimum Gasteiger partial charge on any atom is -0.309 e. The summed E-state index contributed by atoms with van der Waals surface area (Å²) in [6.07, 6.45) is 0. The fourth-order valence-electron chi connectivity index (χ4n) is 7.80. The van der Waals surface area contributed by atoms with Crippen LogP contribution in [0.25, 0.3) is 60.2 Å². The van der Waals surface area contributed by atoms with E-state index in [1.807, 2.05) is 11.8 Å². The highest BCUT2D eigenvalue weighted by molar-refractivity contribution is 7.99. The third-order valence-corrected chi connectivity index (χ3v) is 11.1. The molecule has 0 aliphatic carbocycles. The summed E-state index contributed by atoms with van der Waals surface area (Å²) in [7, 11) is 0. The number of hydrogen-bond donors (Lipinski definition) is 0. The second-order valence-electron chi connectivity index (χ2n) is 12.5. The molecule has 0 unspecified atom stereocenters. The first kappa shape index (κ1) is 26.6. The summed E-state index contributed by atoms with van der Waals surface area (Å²) in [6, 6.07) is 62.6. The van der Waals surface area contributed by atoms with E-state index in [0.29, 0.717) is 0 Å². The number of para-hydroxylation sites is 2. The van der Waals surface area contributed by atoms with Gasteiger partial charge in [0.15, 0.2) is 0 Å². The molecule has 0 bridgehead atoms. The van der Waals surface area contributed by atoms with E-state index in [-0.39, 0.29) is 5.92 Å². The average Bonchev–Trinajstić information content (AvgIpc) is 3.48. The zero-order valence-corrected chi connectivity index (χ0v) is 26.4. The Labute approximate surface area is 277 Å². The molecule has 2 heteroatoms. The largest absolute Gasteiger partial charge is 0.309 e. The van der Waals surface area contributed by atoms with Gasteiger partial charge in [-0.2, -0.15) is 0 Å². The quantitative estimate of drug-likeness (QED) is 0.191. The minimum atomic E-state index is 0.138. The molecule has 47 heavy (non-hydrogen) atoms. The lowest BCUT2D eigenvalue weighted by atomic mass is 9.80. The van der Waals surface area contributed by atoms with Crippen molar-refractivity contribution in [3.63, 3.8) is 0 Å². The van der Waals surface area contributed by atoms with Crippen molar-refractivity contribution >= 4 is 55.1 Å². The van der Waals surface area contributed by atoms with Crippen molar-refractivity contribution < 1.29 is 0 Å². The molecule has 0 saturated carbocycles. The van der Waals surface area contributed by atoms with Gasteiger partial charge in [-0.25, -0.2) is 0 Å². The van der Waals surface area contributed by atoms with Crippen LogP contribution < -0.4 is 0 Å². The Morgan fingerprint density at radius 3 is 1.64 bits per heavy atom. The summed E-state index contributed by atoms with van der Waals surface area (Å²) in [4.78, 5) is 2.70. The predicted molar refractivity (Wildman–Crippen MR) is 199 cm³/mol.